The van der Waals surface area contributed by atoms with Gasteiger partial charge in [-0.3, -0.25) is 4.79 Å². The summed E-state index contributed by atoms with van der Waals surface area (Å²) in [5.74, 6) is 1.07. The van der Waals surface area contributed by atoms with E-state index in [4.69, 9.17) is 4.74 Å². The molecule has 0 saturated heterocycles. The van der Waals surface area contributed by atoms with Crippen molar-refractivity contribution in [1.29, 1.82) is 0 Å². The van der Waals surface area contributed by atoms with Crippen molar-refractivity contribution < 1.29 is 9.53 Å². The molecule has 2 aromatic carbocycles. The normalized spacial score (nSPS) is 10.4. The van der Waals surface area contributed by atoms with E-state index in [0.29, 0.717) is 24.5 Å². The second-order valence-electron chi connectivity index (χ2n) is 6.54. The van der Waals surface area contributed by atoms with Crippen molar-refractivity contribution in [3.63, 3.8) is 0 Å². The summed E-state index contributed by atoms with van der Waals surface area (Å²) in [4.78, 5) is 20.8. The molecule has 0 bridgehead atoms. The summed E-state index contributed by atoms with van der Waals surface area (Å²) in [6.07, 6.45) is 3.73. The maximum Gasteiger partial charge on any atom is 0.254 e. The molecule has 144 valence electrons. The van der Waals surface area contributed by atoms with E-state index in [1.54, 1.807) is 7.11 Å². The molecule has 0 unspecified atom stereocenters. The molecule has 0 spiro atoms. The van der Waals surface area contributed by atoms with Crippen LogP contribution < -0.4 is 15.4 Å². The van der Waals surface area contributed by atoms with Crippen LogP contribution in [0, 0.1) is 13.8 Å². The summed E-state index contributed by atoms with van der Waals surface area (Å²) in [5, 5.41) is 6.03. The van der Waals surface area contributed by atoms with Gasteiger partial charge in [-0.25, -0.2) is 9.97 Å². The smallest absolute Gasteiger partial charge is 0.254 e. The molecule has 0 saturated carbocycles. The zero-order valence-corrected chi connectivity index (χ0v) is 16.3. The lowest BCUT2D eigenvalue weighted by Crippen LogP contribution is -2.26. The van der Waals surface area contributed by atoms with Gasteiger partial charge in [-0.05, 0) is 55.2 Å². The topological polar surface area (TPSA) is 76.1 Å². The average Bonchev–Trinajstić information content (AvgIpc) is 2.71. The zero-order chi connectivity index (χ0) is 19.9. The molecule has 0 atom stereocenters. The molecule has 28 heavy (non-hydrogen) atoms. The Labute approximate surface area is 165 Å². The minimum Gasteiger partial charge on any atom is -0.496 e. The first kappa shape index (κ1) is 19.4. The highest BCUT2D eigenvalue weighted by Gasteiger charge is 2.08. The van der Waals surface area contributed by atoms with Crippen molar-refractivity contribution in [2.45, 2.75) is 20.3 Å². The van der Waals surface area contributed by atoms with Gasteiger partial charge in [0, 0.05) is 24.6 Å². The van der Waals surface area contributed by atoms with Gasteiger partial charge in [0.2, 0.25) is 5.95 Å². The van der Waals surface area contributed by atoms with Crippen LogP contribution >= 0.6 is 0 Å². The lowest BCUT2D eigenvalue weighted by molar-refractivity contribution is 0.0953. The number of hydrogen-bond acceptors (Lipinski definition) is 5. The van der Waals surface area contributed by atoms with Crippen molar-refractivity contribution in [2.24, 2.45) is 0 Å². The highest BCUT2D eigenvalue weighted by atomic mass is 16.5. The van der Waals surface area contributed by atoms with Gasteiger partial charge >= 0.3 is 0 Å². The summed E-state index contributed by atoms with van der Waals surface area (Å²) >= 11 is 0. The van der Waals surface area contributed by atoms with E-state index >= 15 is 0 Å². The van der Waals surface area contributed by atoms with Gasteiger partial charge in [0.05, 0.1) is 12.7 Å². The lowest BCUT2D eigenvalue weighted by atomic mass is 10.1. The Bertz CT molecular complexity index is 955. The quantitative estimate of drug-likeness (QED) is 0.656. The van der Waals surface area contributed by atoms with Crippen molar-refractivity contribution >= 4 is 17.5 Å². The largest absolute Gasteiger partial charge is 0.496 e. The molecule has 3 rings (SSSR count). The molecule has 0 aliphatic carbocycles. The fourth-order valence-electron chi connectivity index (χ4n) is 2.78. The van der Waals surface area contributed by atoms with E-state index in [1.165, 1.54) is 23.5 Å². The highest BCUT2D eigenvalue weighted by molar-refractivity contribution is 5.93. The number of amides is 1. The molecule has 1 amide bonds. The first-order chi connectivity index (χ1) is 13.6. The number of hydrogen-bond donors (Lipinski definition) is 2. The standard InChI is InChI=1S/C22H24N4O2/c1-15-8-9-19(12-16(15)2)26-22-24-13-18(14-25-22)21(27)23-11-10-17-6-4-5-7-20(17)28-3/h4-9,12-14H,10-11H2,1-3H3,(H,23,27)(H,24,25,26). The molecular formula is C22H24N4O2. The van der Waals surface area contributed by atoms with Crippen LogP contribution in [0.3, 0.4) is 0 Å². The molecule has 3 aromatic rings. The average molecular weight is 376 g/mol. The van der Waals surface area contributed by atoms with Crippen molar-refractivity contribution in [3.05, 3.63) is 77.1 Å². The van der Waals surface area contributed by atoms with Gasteiger partial charge in [0.1, 0.15) is 5.75 Å². The number of methoxy groups -OCH3 is 1. The number of aryl methyl sites for hydroxylation is 2. The van der Waals surface area contributed by atoms with Crippen molar-refractivity contribution in [1.82, 2.24) is 15.3 Å². The SMILES string of the molecule is COc1ccccc1CCNC(=O)c1cnc(Nc2ccc(C)c(C)c2)nc1. The van der Waals surface area contributed by atoms with Crippen LogP contribution in [0.1, 0.15) is 27.0 Å². The summed E-state index contributed by atoms with van der Waals surface area (Å²) in [6, 6.07) is 13.8. The lowest BCUT2D eigenvalue weighted by Gasteiger charge is -2.10. The highest BCUT2D eigenvalue weighted by Crippen LogP contribution is 2.18. The van der Waals surface area contributed by atoms with Crippen LogP contribution in [-0.4, -0.2) is 29.5 Å². The number of carbonyl (C=O) groups excluding carboxylic acids is 1. The summed E-state index contributed by atoms with van der Waals surface area (Å²) in [7, 11) is 1.64. The van der Waals surface area contributed by atoms with Gasteiger partial charge in [0.25, 0.3) is 5.91 Å². The van der Waals surface area contributed by atoms with Crippen LogP contribution in [0.5, 0.6) is 5.75 Å². The third-order valence-corrected chi connectivity index (χ3v) is 4.55. The van der Waals surface area contributed by atoms with E-state index in [2.05, 4.69) is 34.4 Å². The third-order valence-electron chi connectivity index (χ3n) is 4.55. The Hall–Kier alpha value is -3.41. The number of nitrogens with zero attached hydrogens (tertiary/aromatic N) is 2. The van der Waals surface area contributed by atoms with Crippen LogP contribution in [0.4, 0.5) is 11.6 Å². The van der Waals surface area contributed by atoms with Gasteiger partial charge in [-0.15, -0.1) is 0 Å². The Balaban J connectivity index is 1.55. The number of anilines is 2. The Kier molecular flexibility index (Phi) is 6.22. The minimum absolute atomic E-state index is 0.201. The fraction of sp³-hybridized carbons (Fsp3) is 0.227. The van der Waals surface area contributed by atoms with Gasteiger partial charge < -0.3 is 15.4 Å². The van der Waals surface area contributed by atoms with E-state index < -0.39 is 0 Å². The summed E-state index contributed by atoms with van der Waals surface area (Å²) in [6.45, 7) is 4.62. The maximum atomic E-state index is 12.3. The van der Waals surface area contributed by atoms with Crippen molar-refractivity contribution in [2.75, 3.05) is 19.0 Å². The first-order valence-corrected chi connectivity index (χ1v) is 9.13. The molecular weight excluding hydrogens is 352 g/mol. The minimum atomic E-state index is -0.201. The molecule has 6 nitrogen and oxygen atoms in total. The van der Waals surface area contributed by atoms with Gasteiger partial charge in [-0.1, -0.05) is 24.3 Å². The molecule has 6 heteroatoms. The first-order valence-electron chi connectivity index (χ1n) is 9.13. The fourth-order valence-corrected chi connectivity index (χ4v) is 2.78. The molecule has 0 aliphatic heterocycles. The Morgan fingerprint density at radius 3 is 2.50 bits per heavy atom. The van der Waals surface area contributed by atoms with E-state index in [1.807, 2.05) is 42.5 Å². The molecule has 0 radical (unpaired) electrons. The Morgan fingerprint density at radius 1 is 1.04 bits per heavy atom. The molecule has 0 fully saturated rings. The number of carbonyl (C=O) groups is 1. The van der Waals surface area contributed by atoms with Crippen LogP contribution in [-0.2, 0) is 6.42 Å². The maximum absolute atomic E-state index is 12.3. The second-order valence-corrected chi connectivity index (χ2v) is 6.54. The third kappa shape index (κ3) is 4.85. The van der Waals surface area contributed by atoms with E-state index in [9.17, 15) is 4.79 Å². The number of para-hydroxylation sites is 1. The predicted octanol–water partition coefficient (Wildman–Crippen LogP) is 3.82. The number of rotatable bonds is 7. The van der Waals surface area contributed by atoms with Crippen LogP contribution in [0.25, 0.3) is 0 Å². The number of ether oxygens (including phenoxy) is 1. The van der Waals surface area contributed by atoms with E-state index in [0.717, 1.165) is 17.0 Å². The Morgan fingerprint density at radius 2 is 1.79 bits per heavy atom. The molecule has 1 aromatic heterocycles. The summed E-state index contributed by atoms with van der Waals surface area (Å²) < 4.78 is 5.32. The van der Waals surface area contributed by atoms with Gasteiger partial charge in [-0.2, -0.15) is 0 Å². The summed E-state index contributed by atoms with van der Waals surface area (Å²) in [5.41, 5.74) is 4.81. The molecule has 1 heterocycles. The van der Waals surface area contributed by atoms with Crippen molar-refractivity contribution in [3.8, 4) is 5.75 Å². The molecule has 2 N–H and O–H groups in total. The predicted molar refractivity (Wildman–Crippen MR) is 110 cm³/mol. The van der Waals surface area contributed by atoms with Gasteiger partial charge in [0.15, 0.2) is 0 Å². The second kappa shape index (κ2) is 8.99. The monoisotopic (exact) mass is 376 g/mol. The van der Waals surface area contributed by atoms with Crippen LogP contribution in [0.2, 0.25) is 0 Å². The molecule has 0 aliphatic rings. The van der Waals surface area contributed by atoms with Crippen LogP contribution in [0.15, 0.2) is 54.9 Å². The zero-order valence-electron chi connectivity index (χ0n) is 16.3. The number of benzene rings is 2. The van der Waals surface area contributed by atoms with E-state index in [-0.39, 0.29) is 5.91 Å². The number of aromatic nitrogens is 2. The number of nitrogens with one attached hydrogen (secondary N) is 2.